The van der Waals surface area contributed by atoms with E-state index >= 15 is 0 Å². The lowest BCUT2D eigenvalue weighted by Crippen LogP contribution is -2.48. The van der Waals surface area contributed by atoms with E-state index in [1.165, 1.54) is 11.3 Å². The Bertz CT molecular complexity index is 1170. The molecule has 3 aromatic heterocycles. The molecule has 1 unspecified atom stereocenters. The quantitative estimate of drug-likeness (QED) is 0.319. The van der Waals surface area contributed by atoms with Crippen molar-refractivity contribution in [2.24, 2.45) is 5.92 Å². The van der Waals surface area contributed by atoms with Gasteiger partial charge in [0.05, 0.1) is 40.4 Å². The van der Waals surface area contributed by atoms with Crippen LogP contribution in [-0.4, -0.2) is 79.4 Å². The van der Waals surface area contributed by atoms with Gasteiger partial charge in [-0.25, -0.2) is 9.97 Å². The molecule has 0 spiro atoms. The van der Waals surface area contributed by atoms with Gasteiger partial charge in [0.15, 0.2) is 0 Å². The molecule has 184 valence electrons. The third-order valence-electron chi connectivity index (χ3n) is 6.42. The molecule has 1 saturated carbocycles. The first-order chi connectivity index (χ1) is 16.1. The van der Waals surface area contributed by atoms with Gasteiger partial charge in [-0.3, -0.25) is 4.98 Å². The maximum Gasteiger partial charge on any atom is 0.225 e. The van der Waals surface area contributed by atoms with Crippen LogP contribution in [0.25, 0.3) is 20.8 Å². The average Bonchev–Trinajstić information content (AvgIpc) is 3.29. The Morgan fingerprint density at radius 1 is 1.26 bits per heavy atom. The van der Waals surface area contributed by atoms with E-state index < -0.39 is 23.7 Å². The molecular formula is C23H32N6O4S. The molecule has 0 aliphatic heterocycles. The van der Waals surface area contributed by atoms with Crippen LogP contribution in [-0.2, 0) is 4.74 Å². The predicted octanol–water partition coefficient (Wildman–Crippen LogP) is 2.12. The second-order valence-electron chi connectivity index (χ2n) is 9.17. The first-order valence-electron chi connectivity index (χ1n) is 11.3. The number of methoxy groups -OCH3 is 1. The molecule has 10 nitrogen and oxygen atoms in total. The lowest BCUT2D eigenvalue weighted by Gasteiger charge is -2.30. The highest BCUT2D eigenvalue weighted by atomic mass is 32.1. The average molecular weight is 489 g/mol. The summed E-state index contributed by atoms with van der Waals surface area (Å²) in [5.41, 5.74) is 1.66. The van der Waals surface area contributed by atoms with Gasteiger partial charge in [-0.2, -0.15) is 4.98 Å². The summed E-state index contributed by atoms with van der Waals surface area (Å²) >= 11 is 1.52. The minimum Gasteiger partial charge on any atom is -0.396 e. The Labute approximate surface area is 202 Å². The fraction of sp³-hybridized carbons (Fsp3) is 0.565. The topological polar surface area (TPSA) is 146 Å². The zero-order chi connectivity index (χ0) is 24.6. The lowest BCUT2D eigenvalue weighted by atomic mass is 9.96. The predicted molar refractivity (Wildman–Crippen MR) is 132 cm³/mol. The van der Waals surface area contributed by atoms with Crippen LogP contribution < -0.4 is 10.6 Å². The number of aromatic nitrogens is 4. The van der Waals surface area contributed by atoms with E-state index in [4.69, 9.17) is 14.7 Å². The van der Waals surface area contributed by atoms with Crippen LogP contribution in [0, 0.1) is 19.8 Å². The molecule has 1 fully saturated rings. The molecule has 0 aromatic carbocycles. The molecule has 0 bridgehead atoms. The smallest absolute Gasteiger partial charge is 0.225 e. The van der Waals surface area contributed by atoms with Gasteiger partial charge in [0.1, 0.15) is 21.9 Å². The van der Waals surface area contributed by atoms with Gasteiger partial charge in [0, 0.05) is 31.9 Å². The van der Waals surface area contributed by atoms with Gasteiger partial charge in [-0.15, -0.1) is 11.3 Å². The van der Waals surface area contributed by atoms with E-state index in [-0.39, 0.29) is 12.6 Å². The van der Waals surface area contributed by atoms with Crippen molar-refractivity contribution in [1.29, 1.82) is 0 Å². The second-order valence-corrected chi connectivity index (χ2v) is 10.2. The highest BCUT2D eigenvalue weighted by molar-refractivity contribution is 7.21. The normalized spacial score (nSPS) is 25.6. The van der Waals surface area contributed by atoms with Crippen molar-refractivity contribution < 1.29 is 20.1 Å². The Balaban J connectivity index is 1.79. The summed E-state index contributed by atoms with van der Waals surface area (Å²) in [7, 11) is 1.63. The summed E-state index contributed by atoms with van der Waals surface area (Å²) in [4.78, 5) is 18.6. The van der Waals surface area contributed by atoms with Crippen molar-refractivity contribution in [3.63, 3.8) is 0 Å². The first-order valence-corrected chi connectivity index (χ1v) is 12.1. The maximum absolute atomic E-state index is 11.0. The Morgan fingerprint density at radius 2 is 2.03 bits per heavy atom. The number of aliphatic hydroxyl groups excluding tert-OH is 2. The molecule has 0 radical (unpaired) electrons. The number of anilines is 2. The fourth-order valence-corrected chi connectivity index (χ4v) is 5.61. The van der Waals surface area contributed by atoms with Crippen molar-refractivity contribution in [2.75, 3.05) is 31.0 Å². The van der Waals surface area contributed by atoms with Crippen LogP contribution in [0.3, 0.4) is 0 Å². The zero-order valence-corrected chi connectivity index (χ0v) is 20.8. The second kappa shape index (κ2) is 9.67. The van der Waals surface area contributed by atoms with Crippen molar-refractivity contribution in [3.8, 4) is 10.6 Å². The van der Waals surface area contributed by atoms with E-state index in [1.807, 2.05) is 26.8 Å². The Hall–Kier alpha value is -2.44. The van der Waals surface area contributed by atoms with Gasteiger partial charge >= 0.3 is 0 Å². The van der Waals surface area contributed by atoms with E-state index in [1.54, 1.807) is 20.2 Å². The number of ether oxygens (including phenoxy) is 1. The zero-order valence-electron chi connectivity index (χ0n) is 20.0. The van der Waals surface area contributed by atoms with Crippen LogP contribution in [0.4, 0.5) is 11.8 Å². The highest BCUT2D eigenvalue weighted by Crippen LogP contribution is 2.40. The number of rotatable bonds is 8. The molecule has 34 heavy (non-hydrogen) atoms. The van der Waals surface area contributed by atoms with Gasteiger partial charge in [0.2, 0.25) is 5.95 Å². The van der Waals surface area contributed by atoms with E-state index in [0.29, 0.717) is 30.5 Å². The molecule has 0 amide bonds. The van der Waals surface area contributed by atoms with Crippen LogP contribution in [0.5, 0.6) is 0 Å². The van der Waals surface area contributed by atoms with E-state index in [9.17, 15) is 15.3 Å². The van der Waals surface area contributed by atoms with Crippen LogP contribution in [0.1, 0.15) is 31.7 Å². The summed E-state index contributed by atoms with van der Waals surface area (Å²) < 4.78 is 6.22. The fourth-order valence-electron chi connectivity index (χ4n) is 4.50. The molecule has 4 rings (SSSR count). The maximum atomic E-state index is 11.0. The number of aliphatic hydroxyl groups is 3. The summed E-state index contributed by atoms with van der Waals surface area (Å²) in [6, 6.07) is 1.38. The molecular weight excluding hydrogens is 456 g/mol. The lowest BCUT2D eigenvalue weighted by molar-refractivity contribution is -0.0647. The van der Waals surface area contributed by atoms with Gasteiger partial charge < -0.3 is 30.7 Å². The van der Waals surface area contributed by atoms with Crippen LogP contribution in [0.15, 0.2) is 12.3 Å². The van der Waals surface area contributed by atoms with Gasteiger partial charge in [-0.05, 0) is 40.2 Å². The highest BCUT2D eigenvalue weighted by Gasteiger charge is 2.50. The molecule has 11 heteroatoms. The number of nitrogens with one attached hydrogen (secondary N) is 2. The Kier molecular flexibility index (Phi) is 7.02. The van der Waals surface area contributed by atoms with Crippen molar-refractivity contribution in [1.82, 2.24) is 19.9 Å². The molecule has 1 aliphatic rings. The van der Waals surface area contributed by atoms with Crippen molar-refractivity contribution in [2.45, 2.75) is 57.9 Å². The molecule has 1 aliphatic carbocycles. The standard InChI is InChI=1S/C23H32N6O4S/c1-11(10-33-5)25-22-26-12(2)17(21-28-18-13(3)24-7-6-15(18)34-21)20(29-22)27-16-8-14(9-30)19(31)23(16,4)32/h6-7,11,14,16,19,30-32H,8-10H2,1-5H3,(H2,25,26,27,29)/t11-,14-,16?,19-,23+/m1/s1. The number of nitrogens with zero attached hydrogens (tertiary/aromatic N) is 4. The molecule has 0 saturated heterocycles. The monoisotopic (exact) mass is 488 g/mol. The van der Waals surface area contributed by atoms with Crippen molar-refractivity contribution >= 4 is 33.3 Å². The number of hydrogen-bond donors (Lipinski definition) is 5. The third kappa shape index (κ3) is 4.58. The van der Waals surface area contributed by atoms with Gasteiger partial charge in [-0.1, -0.05) is 0 Å². The molecule has 3 aromatic rings. The number of hydrogen-bond acceptors (Lipinski definition) is 11. The molecule has 5 atom stereocenters. The minimum absolute atomic E-state index is 0.0190. The third-order valence-corrected chi connectivity index (χ3v) is 7.46. The summed E-state index contributed by atoms with van der Waals surface area (Å²) in [6.45, 7) is 7.63. The molecule has 3 heterocycles. The number of thiazole rings is 1. The Morgan fingerprint density at radius 3 is 2.68 bits per heavy atom. The SMILES string of the molecule is COC[C@@H](C)Nc1nc(C)c(-c2nc3c(C)nccc3s2)c(NC2C[C@H](CO)[C@@H](O)[C@@]2(C)O)n1. The minimum atomic E-state index is -1.45. The first kappa shape index (κ1) is 24.7. The number of pyridine rings is 1. The van der Waals surface area contributed by atoms with E-state index in [0.717, 1.165) is 26.5 Å². The van der Waals surface area contributed by atoms with Gasteiger partial charge in [0.25, 0.3) is 0 Å². The number of fused-ring (bicyclic) bond motifs is 1. The summed E-state index contributed by atoms with van der Waals surface area (Å²) in [5.74, 6) is 0.485. The van der Waals surface area contributed by atoms with Crippen LogP contribution in [0.2, 0.25) is 0 Å². The van der Waals surface area contributed by atoms with Crippen molar-refractivity contribution in [3.05, 3.63) is 23.7 Å². The molecule has 5 N–H and O–H groups in total. The summed E-state index contributed by atoms with van der Waals surface area (Å²) in [6.07, 6.45) is 1.09. The van der Waals surface area contributed by atoms with Crippen LogP contribution >= 0.6 is 11.3 Å². The largest absolute Gasteiger partial charge is 0.396 e. The number of aryl methyl sites for hydroxylation is 2. The van der Waals surface area contributed by atoms with E-state index in [2.05, 4.69) is 20.6 Å². The summed E-state index contributed by atoms with van der Waals surface area (Å²) in [5, 5.41) is 38.6.